The molecule has 0 aromatic heterocycles. The van der Waals surface area contributed by atoms with Crippen molar-refractivity contribution in [1.82, 2.24) is 19.6 Å². The van der Waals surface area contributed by atoms with E-state index in [1.807, 2.05) is 58.9 Å². The number of piperazine rings is 1. The molecule has 2 fully saturated rings. The molecule has 2 aromatic rings. The van der Waals surface area contributed by atoms with Crippen molar-refractivity contribution in [3.63, 3.8) is 0 Å². The molecule has 1 N–H and O–H groups in total. The highest BCUT2D eigenvalue weighted by Gasteiger charge is 2.54. The van der Waals surface area contributed by atoms with Gasteiger partial charge >= 0.3 is 0 Å². The minimum absolute atomic E-state index is 0.00239. The Hall–Kier alpha value is -2.63. The first kappa shape index (κ1) is 35.2. The highest BCUT2D eigenvalue weighted by Crippen LogP contribution is 2.57. The lowest BCUT2D eigenvalue weighted by atomic mass is 9.81. The number of aliphatic imine (C=N–C) groups is 1. The van der Waals surface area contributed by atoms with Crippen LogP contribution >= 0.6 is 35.0 Å². The van der Waals surface area contributed by atoms with Crippen molar-refractivity contribution in [2.75, 3.05) is 19.6 Å². The van der Waals surface area contributed by atoms with Crippen LogP contribution in [0.2, 0.25) is 10.0 Å². The fourth-order valence-electron chi connectivity index (χ4n) is 8.08. The average molecular weight is 717 g/mol. The summed E-state index contributed by atoms with van der Waals surface area (Å²) in [6, 6.07) is 11.5. The van der Waals surface area contributed by atoms with Crippen molar-refractivity contribution in [3.05, 3.63) is 80.1 Å². The Kier molecular flexibility index (Phi) is 9.97. The first-order valence-corrected chi connectivity index (χ1v) is 18.4. The number of carbonyl (C=O) groups excluding carboxylic acids is 2. The predicted molar refractivity (Wildman–Crippen MR) is 190 cm³/mol. The molecule has 0 aliphatic carbocycles. The Morgan fingerprint density at radius 3 is 2.44 bits per heavy atom. The fourth-order valence-corrected chi connectivity index (χ4v) is 9.73. The lowest BCUT2D eigenvalue weighted by Gasteiger charge is -2.42. The van der Waals surface area contributed by atoms with Crippen molar-refractivity contribution >= 4 is 51.9 Å². The maximum Gasteiger partial charge on any atom is 0.240 e. The second-order valence-corrected chi connectivity index (χ2v) is 15.7. The molecule has 0 bridgehead atoms. The zero-order valence-electron chi connectivity index (χ0n) is 28.3. The topological polar surface area (TPSA) is 79.7 Å². The van der Waals surface area contributed by atoms with E-state index in [-0.39, 0.29) is 34.8 Å². The van der Waals surface area contributed by atoms with E-state index in [9.17, 15) is 14.7 Å². The van der Waals surface area contributed by atoms with E-state index in [4.69, 9.17) is 28.2 Å². The number of halogens is 3. The van der Waals surface area contributed by atoms with E-state index >= 15 is 4.39 Å². The van der Waals surface area contributed by atoms with Crippen LogP contribution in [0, 0.1) is 11.7 Å². The lowest BCUT2D eigenvalue weighted by Crippen LogP contribution is -2.59. The number of hydrogen-bond donors (Lipinski definition) is 1. The molecule has 2 aromatic carbocycles. The van der Waals surface area contributed by atoms with Crippen LogP contribution in [0.5, 0.6) is 0 Å². The molecule has 6 rings (SSSR count). The highest BCUT2D eigenvalue weighted by molar-refractivity contribution is 8.17. The first-order valence-electron chi connectivity index (χ1n) is 16.8. The monoisotopic (exact) mass is 715 g/mol. The summed E-state index contributed by atoms with van der Waals surface area (Å²) in [6.07, 6.45) is 1.20. The quantitative estimate of drug-likeness (QED) is 0.332. The number of benzene rings is 2. The Bertz CT molecular complexity index is 1650. The molecule has 2 saturated heterocycles. The molecule has 12 heteroatoms. The van der Waals surface area contributed by atoms with Crippen LogP contribution in [0.15, 0.2) is 58.1 Å². The molecule has 48 heavy (non-hydrogen) atoms. The summed E-state index contributed by atoms with van der Waals surface area (Å²) in [6.45, 7) is 13.3. The van der Waals surface area contributed by atoms with E-state index in [1.54, 1.807) is 13.0 Å². The van der Waals surface area contributed by atoms with Gasteiger partial charge in [-0.25, -0.2) is 9.38 Å². The zero-order valence-corrected chi connectivity index (χ0v) is 30.6. The minimum Gasteiger partial charge on any atom is -0.373 e. The van der Waals surface area contributed by atoms with Crippen LogP contribution in [0.4, 0.5) is 4.39 Å². The van der Waals surface area contributed by atoms with Gasteiger partial charge in [0, 0.05) is 49.4 Å². The summed E-state index contributed by atoms with van der Waals surface area (Å²) in [5.41, 5.74) is 1.74. The molecule has 0 spiro atoms. The Labute approximate surface area is 296 Å². The molecule has 6 atom stereocenters. The summed E-state index contributed by atoms with van der Waals surface area (Å²) in [7, 11) is 0. The largest absolute Gasteiger partial charge is 0.373 e. The summed E-state index contributed by atoms with van der Waals surface area (Å²) in [4.78, 5) is 40.1. The number of thioether (sulfide) groups is 1. The Morgan fingerprint density at radius 2 is 1.83 bits per heavy atom. The van der Waals surface area contributed by atoms with Crippen molar-refractivity contribution in [1.29, 1.82) is 0 Å². The molecule has 0 saturated carbocycles. The zero-order chi connectivity index (χ0) is 34.7. The van der Waals surface area contributed by atoms with Gasteiger partial charge in [0.15, 0.2) is 5.17 Å². The summed E-state index contributed by atoms with van der Waals surface area (Å²) < 4.78 is 15.1. The fraction of sp³-hybridized carbons (Fsp3) is 0.528. The minimum atomic E-state index is -1.04. The summed E-state index contributed by atoms with van der Waals surface area (Å²) in [5.74, 6) is -0.525. The number of amidine groups is 1. The number of carbonyl (C=O) groups is 2. The maximum atomic E-state index is 15.1. The number of nitrogens with zero attached hydrogens (tertiary/aromatic N) is 5. The van der Waals surface area contributed by atoms with Crippen LogP contribution < -0.4 is 0 Å². The second-order valence-electron chi connectivity index (χ2n) is 13.8. The molecular weight excluding hydrogens is 672 g/mol. The van der Waals surface area contributed by atoms with Gasteiger partial charge in [-0.3, -0.25) is 14.5 Å². The SMILES string of the molecule is CC[C@@H]1CC[C@@H](C(=O)N2CCN(C(C)=O)[C@H](C)C2)N1C(O)C1=C(C(C)C)N2C(=N[C@@](C)(c3ccc(Cl)cc3)[C@H]2c2ccc(Cl)c(F)c2)S1. The third-order valence-corrected chi connectivity index (χ3v) is 12.1. The van der Waals surface area contributed by atoms with Crippen molar-refractivity contribution in [2.24, 2.45) is 10.9 Å². The molecule has 0 radical (unpaired) electrons. The molecule has 8 nitrogen and oxygen atoms in total. The van der Waals surface area contributed by atoms with E-state index in [2.05, 4.69) is 25.7 Å². The van der Waals surface area contributed by atoms with Crippen molar-refractivity contribution in [3.8, 4) is 0 Å². The molecular formula is C36H44Cl2FN5O3S. The Balaban J connectivity index is 1.38. The van der Waals surface area contributed by atoms with Crippen LogP contribution in [-0.4, -0.2) is 85.7 Å². The smallest absolute Gasteiger partial charge is 0.240 e. The van der Waals surface area contributed by atoms with E-state index < -0.39 is 29.7 Å². The summed E-state index contributed by atoms with van der Waals surface area (Å²) >= 11 is 13.8. The van der Waals surface area contributed by atoms with Gasteiger partial charge in [-0.15, -0.1) is 0 Å². The number of allylic oxidation sites excluding steroid dienone is 1. The average Bonchev–Trinajstić information content (AvgIpc) is 3.72. The van der Waals surface area contributed by atoms with Crippen LogP contribution in [0.3, 0.4) is 0 Å². The predicted octanol–water partition coefficient (Wildman–Crippen LogP) is 7.02. The van der Waals surface area contributed by atoms with Gasteiger partial charge in [-0.05, 0) is 74.4 Å². The number of amides is 2. The van der Waals surface area contributed by atoms with Gasteiger partial charge in [0.2, 0.25) is 11.8 Å². The number of likely N-dealkylation sites (tertiary alicyclic amines) is 1. The van der Waals surface area contributed by atoms with Crippen LogP contribution in [0.1, 0.15) is 78.0 Å². The first-order chi connectivity index (χ1) is 22.8. The van der Waals surface area contributed by atoms with Gasteiger partial charge < -0.3 is 19.8 Å². The van der Waals surface area contributed by atoms with Crippen LogP contribution in [0.25, 0.3) is 0 Å². The molecule has 1 unspecified atom stereocenters. The number of rotatable bonds is 7. The third-order valence-electron chi connectivity index (χ3n) is 10.4. The van der Waals surface area contributed by atoms with E-state index in [0.717, 1.165) is 34.2 Å². The van der Waals surface area contributed by atoms with Gasteiger partial charge in [0.25, 0.3) is 0 Å². The van der Waals surface area contributed by atoms with Crippen molar-refractivity contribution in [2.45, 2.75) is 96.7 Å². The molecule has 258 valence electrons. The molecule has 4 heterocycles. The van der Waals surface area contributed by atoms with Gasteiger partial charge in [0.05, 0.1) is 22.0 Å². The second kappa shape index (κ2) is 13.6. The number of aliphatic hydroxyl groups excluding tert-OH is 1. The molecule has 4 aliphatic heterocycles. The molecule has 2 amide bonds. The number of fused-ring (bicyclic) bond motifs is 1. The highest BCUT2D eigenvalue weighted by atomic mass is 35.5. The van der Waals surface area contributed by atoms with Crippen LogP contribution in [-0.2, 0) is 15.1 Å². The van der Waals surface area contributed by atoms with E-state index in [1.165, 1.54) is 17.8 Å². The van der Waals surface area contributed by atoms with Gasteiger partial charge in [0.1, 0.15) is 17.6 Å². The molecule has 4 aliphatic rings. The standard InChI is InChI=1S/C36H44Cl2FN5O3S/c1-7-26-13-15-29(33(46)41-16-17-42(22(5)45)21(4)19-41)43(26)34(47)31-30(20(2)3)44-32(23-8-14-27(38)28(39)18-23)36(6,40-35(44)48-31)24-9-11-25(37)12-10-24/h8-12,14,18,20-21,26,29,32,34,47H,7,13,15-17,19H2,1-6H3/t21-,26-,29+,32-,34?,36+/m1/s1. The Morgan fingerprint density at radius 1 is 1.12 bits per heavy atom. The maximum absolute atomic E-state index is 15.1. The van der Waals surface area contributed by atoms with Gasteiger partial charge in [-0.1, -0.05) is 73.9 Å². The van der Waals surface area contributed by atoms with Crippen molar-refractivity contribution < 1.29 is 19.1 Å². The lowest BCUT2D eigenvalue weighted by molar-refractivity contribution is -0.146. The number of aliphatic hydroxyl groups is 1. The number of hydrogen-bond acceptors (Lipinski definition) is 7. The summed E-state index contributed by atoms with van der Waals surface area (Å²) in [5, 5.41) is 13.7. The third kappa shape index (κ3) is 6.06. The normalized spacial score (nSPS) is 28.4. The van der Waals surface area contributed by atoms with E-state index in [0.29, 0.717) is 36.6 Å². The van der Waals surface area contributed by atoms with Gasteiger partial charge in [-0.2, -0.15) is 0 Å².